The molecule has 5 nitrogen and oxygen atoms in total. The van der Waals surface area contributed by atoms with Gasteiger partial charge in [-0.1, -0.05) is 13.0 Å². The molecule has 0 bridgehead atoms. The third kappa shape index (κ3) is 4.52. The Labute approximate surface area is 171 Å². The number of nitrogens with one attached hydrogen (secondary N) is 1. The molecular formula is C20H22BrNO4S. The molecular weight excluding hydrogens is 430 g/mol. The maximum absolute atomic E-state index is 12.4. The highest BCUT2D eigenvalue weighted by Gasteiger charge is 2.28. The molecule has 144 valence electrons. The lowest BCUT2D eigenvalue weighted by Crippen LogP contribution is -2.21. The van der Waals surface area contributed by atoms with Crippen LogP contribution < -0.4 is 10.1 Å². The second-order valence-corrected chi connectivity index (χ2v) is 8.78. The summed E-state index contributed by atoms with van der Waals surface area (Å²) in [5.74, 6) is 0.467. The third-order valence-electron chi connectivity index (χ3n) is 4.60. The summed E-state index contributed by atoms with van der Waals surface area (Å²) in [6.45, 7) is 4.04. The van der Waals surface area contributed by atoms with Crippen LogP contribution in [0.15, 0.2) is 22.7 Å². The molecule has 3 rings (SSSR count). The number of halogens is 1. The van der Waals surface area contributed by atoms with Gasteiger partial charge in [-0.25, -0.2) is 4.79 Å². The molecule has 1 aliphatic rings. The van der Waals surface area contributed by atoms with Crippen molar-refractivity contribution in [1.29, 1.82) is 0 Å². The van der Waals surface area contributed by atoms with E-state index in [0.717, 1.165) is 39.7 Å². The predicted molar refractivity (Wildman–Crippen MR) is 110 cm³/mol. The standard InChI is InChI=1S/C20H22BrNO4S/c1-11-5-7-15(14(21)8-11)26-10-17(23)22-19-18(20(24)25-3)13-6-4-12(2)9-16(13)27-19/h5,7-8,12H,4,6,9-10H2,1-3H3,(H,22,23). The summed E-state index contributed by atoms with van der Waals surface area (Å²) >= 11 is 4.90. The molecule has 0 saturated carbocycles. The third-order valence-corrected chi connectivity index (χ3v) is 6.39. The Morgan fingerprint density at radius 1 is 1.37 bits per heavy atom. The topological polar surface area (TPSA) is 64.6 Å². The Balaban J connectivity index is 1.74. The number of thiophene rings is 1. The summed E-state index contributed by atoms with van der Waals surface area (Å²) in [6.07, 6.45) is 2.79. The first kappa shape index (κ1) is 19.9. The van der Waals surface area contributed by atoms with Crippen LogP contribution in [0, 0.1) is 12.8 Å². The molecule has 0 fully saturated rings. The molecule has 2 aromatic rings. The van der Waals surface area contributed by atoms with E-state index < -0.39 is 5.97 Å². The smallest absolute Gasteiger partial charge is 0.341 e. The second-order valence-electron chi connectivity index (χ2n) is 6.82. The largest absolute Gasteiger partial charge is 0.483 e. The van der Waals surface area contributed by atoms with E-state index >= 15 is 0 Å². The monoisotopic (exact) mass is 451 g/mol. The zero-order valence-corrected chi connectivity index (χ0v) is 18.0. The molecule has 7 heteroatoms. The van der Waals surface area contributed by atoms with Crippen molar-refractivity contribution in [2.75, 3.05) is 19.0 Å². The molecule has 1 N–H and O–H groups in total. The molecule has 1 atom stereocenters. The number of ether oxygens (including phenoxy) is 2. The van der Waals surface area contributed by atoms with Crippen LogP contribution in [0.2, 0.25) is 0 Å². The van der Waals surface area contributed by atoms with Gasteiger partial charge in [-0.05, 0) is 71.3 Å². The van der Waals surface area contributed by atoms with Crippen LogP contribution in [0.3, 0.4) is 0 Å². The number of amides is 1. The molecule has 1 aliphatic carbocycles. The Kier molecular flexibility index (Phi) is 6.22. The summed E-state index contributed by atoms with van der Waals surface area (Å²) in [7, 11) is 1.36. The molecule has 1 aromatic heterocycles. The highest BCUT2D eigenvalue weighted by molar-refractivity contribution is 9.10. The summed E-state index contributed by atoms with van der Waals surface area (Å²) in [5.41, 5.74) is 2.61. The fraction of sp³-hybridized carbons (Fsp3) is 0.400. The van der Waals surface area contributed by atoms with Crippen molar-refractivity contribution in [3.8, 4) is 5.75 Å². The molecule has 1 amide bonds. The molecule has 0 radical (unpaired) electrons. The first-order valence-corrected chi connectivity index (χ1v) is 10.4. The number of carbonyl (C=O) groups is 2. The molecule has 0 spiro atoms. The molecule has 0 saturated heterocycles. The number of esters is 1. The van der Waals surface area contributed by atoms with E-state index in [9.17, 15) is 9.59 Å². The SMILES string of the molecule is COC(=O)c1c(NC(=O)COc2ccc(C)cc2Br)sc2c1CCC(C)C2. The minimum absolute atomic E-state index is 0.138. The van der Waals surface area contributed by atoms with Crippen molar-refractivity contribution >= 4 is 44.1 Å². The zero-order valence-electron chi connectivity index (χ0n) is 15.6. The van der Waals surface area contributed by atoms with Crippen LogP contribution in [-0.2, 0) is 22.4 Å². The summed E-state index contributed by atoms with van der Waals surface area (Å²) in [4.78, 5) is 25.8. The van der Waals surface area contributed by atoms with Crippen molar-refractivity contribution in [2.24, 2.45) is 5.92 Å². The Bertz CT molecular complexity index is 877. The number of carbonyl (C=O) groups excluding carboxylic acids is 2. The zero-order chi connectivity index (χ0) is 19.6. The van der Waals surface area contributed by atoms with E-state index in [1.54, 1.807) is 0 Å². The average Bonchev–Trinajstić information content (AvgIpc) is 2.97. The predicted octanol–water partition coefficient (Wildman–Crippen LogP) is 4.75. The van der Waals surface area contributed by atoms with E-state index in [0.29, 0.717) is 22.2 Å². The lowest BCUT2D eigenvalue weighted by Gasteiger charge is -2.18. The van der Waals surface area contributed by atoms with E-state index in [-0.39, 0.29) is 12.5 Å². The Morgan fingerprint density at radius 3 is 2.85 bits per heavy atom. The minimum Gasteiger partial charge on any atom is -0.483 e. The Hall–Kier alpha value is -1.86. The van der Waals surface area contributed by atoms with Crippen molar-refractivity contribution in [2.45, 2.75) is 33.1 Å². The minimum atomic E-state index is -0.403. The van der Waals surface area contributed by atoms with Crippen LogP contribution in [0.4, 0.5) is 5.00 Å². The molecule has 0 aliphatic heterocycles. The number of fused-ring (bicyclic) bond motifs is 1. The van der Waals surface area contributed by atoms with Crippen LogP contribution in [0.5, 0.6) is 5.75 Å². The molecule has 1 unspecified atom stereocenters. The number of hydrogen-bond donors (Lipinski definition) is 1. The van der Waals surface area contributed by atoms with Gasteiger partial charge in [0.15, 0.2) is 6.61 Å². The quantitative estimate of drug-likeness (QED) is 0.666. The average molecular weight is 452 g/mol. The fourth-order valence-corrected chi connectivity index (χ4v) is 5.21. The fourth-order valence-electron chi connectivity index (χ4n) is 3.19. The van der Waals surface area contributed by atoms with Crippen LogP contribution >= 0.6 is 27.3 Å². The first-order valence-electron chi connectivity index (χ1n) is 8.80. The van der Waals surface area contributed by atoms with Gasteiger partial charge in [0.05, 0.1) is 17.1 Å². The maximum Gasteiger partial charge on any atom is 0.341 e. The number of aryl methyl sites for hydroxylation is 1. The number of anilines is 1. The van der Waals surface area contributed by atoms with Crippen LogP contribution in [0.25, 0.3) is 0 Å². The summed E-state index contributed by atoms with van der Waals surface area (Å²) in [6, 6.07) is 5.66. The van der Waals surface area contributed by atoms with Crippen molar-refractivity contribution in [3.05, 3.63) is 44.2 Å². The normalized spacial score (nSPS) is 15.8. The van der Waals surface area contributed by atoms with E-state index in [1.165, 1.54) is 18.4 Å². The first-order chi connectivity index (χ1) is 12.9. The van der Waals surface area contributed by atoms with Crippen molar-refractivity contribution < 1.29 is 19.1 Å². The van der Waals surface area contributed by atoms with E-state index in [4.69, 9.17) is 9.47 Å². The lowest BCUT2D eigenvalue weighted by atomic mass is 9.88. The van der Waals surface area contributed by atoms with Gasteiger partial charge in [-0.15, -0.1) is 11.3 Å². The van der Waals surface area contributed by atoms with Gasteiger partial charge < -0.3 is 14.8 Å². The number of benzene rings is 1. The van der Waals surface area contributed by atoms with E-state index in [2.05, 4.69) is 28.2 Å². The maximum atomic E-state index is 12.4. The van der Waals surface area contributed by atoms with Gasteiger partial charge in [0.25, 0.3) is 5.91 Å². The van der Waals surface area contributed by atoms with Crippen molar-refractivity contribution in [1.82, 2.24) is 0 Å². The van der Waals surface area contributed by atoms with Gasteiger partial charge in [-0.2, -0.15) is 0 Å². The van der Waals surface area contributed by atoms with Crippen LogP contribution in [0.1, 0.15) is 39.7 Å². The molecule has 1 aromatic carbocycles. The van der Waals surface area contributed by atoms with Gasteiger partial charge >= 0.3 is 5.97 Å². The van der Waals surface area contributed by atoms with Gasteiger partial charge in [0, 0.05) is 4.88 Å². The second kappa shape index (κ2) is 8.44. The van der Waals surface area contributed by atoms with Gasteiger partial charge in [0.1, 0.15) is 10.8 Å². The van der Waals surface area contributed by atoms with E-state index in [1.807, 2.05) is 25.1 Å². The van der Waals surface area contributed by atoms with Crippen molar-refractivity contribution in [3.63, 3.8) is 0 Å². The lowest BCUT2D eigenvalue weighted by molar-refractivity contribution is -0.118. The van der Waals surface area contributed by atoms with Crippen LogP contribution in [-0.4, -0.2) is 25.6 Å². The number of rotatable bonds is 5. The summed E-state index contributed by atoms with van der Waals surface area (Å²) < 4.78 is 11.3. The van der Waals surface area contributed by atoms with Gasteiger partial charge in [0.2, 0.25) is 0 Å². The highest BCUT2D eigenvalue weighted by atomic mass is 79.9. The Morgan fingerprint density at radius 2 is 2.15 bits per heavy atom. The number of methoxy groups -OCH3 is 1. The molecule has 27 heavy (non-hydrogen) atoms. The molecule has 1 heterocycles. The highest BCUT2D eigenvalue weighted by Crippen LogP contribution is 2.40. The van der Waals surface area contributed by atoms with Gasteiger partial charge in [-0.3, -0.25) is 4.79 Å². The number of hydrogen-bond acceptors (Lipinski definition) is 5. The summed E-state index contributed by atoms with van der Waals surface area (Å²) in [5, 5.41) is 3.39.